The van der Waals surface area contributed by atoms with Crippen LogP contribution in [0.5, 0.6) is 0 Å². The van der Waals surface area contributed by atoms with Crippen molar-refractivity contribution in [1.29, 1.82) is 0 Å². The van der Waals surface area contributed by atoms with Gasteiger partial charge in [0.1, 0.15) is 23.3 Å². The van der Waals surface area contributed by atoms with Gasteiger partial charge in [0.05, 0.1) is 5.69 Å². The second-order valence-corrected chi connectivity index (χ2v) is 9.68. The number of nitrogens with two attached hydrogens (primary N) is 1. The van der Waals surface area contributed by atoms with Crippen molar-refractivity contribution in [2.45, 2.75) is 6.92 Å². The number of benzene rings is 1. The normalized spacial score (nSPS) is 17.7. The van der Waals surface area contributed by atoms with Crippen LogP contribution in [-0.4, -0.2) is 95.5 Å². The van der Waals surface area contributed by atoms with Crippen LogP contribution >= 0.6 is 0 Å². The van der Waals surface area contributed by atoms with E-state index >= 15 is 0 Å². The Morgan fingerprint density at radius 2 is 1.54 bits per heavy atom. The van der Waals surface area contributed by atoms with Crippen LogP contribution in [0.2, 0.25) is 0 Å². The zero-order valence-corrected chi connectivity index (χ0v) is 21.3. The second-order valence-electron chi connectivity index (χ2n) is 9.68. The van der Waals surface area contributed by atoms with E-state index in [-0.39, 0.29) is 0 Å². The Bertz CT molecular complexity index is 1240. The molecule has 2 fully saturated rings. The predicted molar refractivity (Wildman–Crippen MR) is 142 cm³/mol. The summed E-state index contributed by atoms with van der Waals surface area (Å²) in [5, 5.41) is 4.70. The van der Waals surface area contributed by atoms with Crippen LogP contribution in [0.15, 0.2) is 36.4 Å². The topological polar surface area (TPSA) is 82.6 Å². The Labute approximate surface area is 215 Å². The number of hydrogen-bond acceptors (Lipinski definition) is 8. The van der Waals surface area contributed by atoms with E-state index in [2.05, 4.69) is 32.8 Å². The summed E-state index contributed by atoms with van der Waals surface area (Å²) in [5.74, 6) is 0.619. The van der Waals surface area contributed by atoms with Crippen molar-refractivity contribution < 1.29 is 8.78 Å². The highest BCUT2D eigenvalue weighted by molar-refractivity contribution is 5.51. The highest BCUT2D eigenvalue weighted by Crippen LogP contribution is 2.21. The molecule has 4 heterocycles. The predicted octanol–water partition coefficient (Wildman–Crippen LogP) is 2.42. The van der Waals surface area contributed by atoms with E-state index < -0.39 is 11.6 Å². The lowest BCUT2D eigenvalue weighted by Gasteiger charge is -2.35. The first kappa shape index (κ1) is 25.1. The maximum Gasteiger partial charge on any atom is 0.254 e. The lowest BCUT2D eigenvalue weighted by atomic mass is 10.2. The Morgan fingerprint density at radius 1 is 0.865 bits per heavy atom. The van der Waals surface area contributed by atoms with E-state index in [1.54, 1.807) is 4.68 Å². The van der Waals surface area contributed by atoms with E-state index in [1.807, 2.05) is 30.0 Å². The van der Waals surface area contributed by atoms with Crippen LogP contribution in [0.4, 0.5) is 26.1 Å². The molecule has 0 bridgehead atoms. The standard InChI is InChI=1S/C26H33F2N9/c1-19-14-22(4-3-5-34-8-12-35(13-9-34)23-16-20(27)15-21(28)17-23)32-37(19)26-30-24(29)18-25(31-26)36-10-6-33(2)7-11-36/h3-4,14-18H,5-13H2,1-2H3,(H2,29,30,31). The van der Waals surface area contributed by atoms with Gasteiger partial charge in [0, 0.05) is 82.4 Å². The molecule has 3 aromatic rings. The first-order chi connectivity index (χ1) is 17.8. The van der Waals surface area contributed by atoms with E-state index in [4.69, 9.17) is 15.8 Å². The fourth-order valence-corrected chi connectivity index (χ4v) is 4.75. The molecule has 0 amide bonds. The fourth-order valence-electron chi connectivity index (χ4n) is 4.75. The van der Waals surface area contributed by atoms with Gasteiger partial charge in [-0.2, -0.15) is 15.1 Å². The molecule has 2 aliphatic rings. The maximum atomic E-state index is 13.6. The number of nitrogen functional groups attached to an aromatic ring is 1. The lowest BCUT2D eigenvalue weighted by molar-refractivity contribution is 0.284. The largest absolute Gasteiger partial charge is 0.383 e. The van der Waals surface area contributed by atoms with Gasteiger partial charge in [0.15, 0.2) is 0 Å². The smallest absolute Gasteiger partial charge is 0.254 e. The number of piperazine rings is 2. The van der Waals surface area contributed by atoms with Crippen LogP contribution in [0.25, 0.3) is 12.0 Å². The molecule has 0 saturated carbocycles. The highest BCUT2D eigenvalue weighted by atomic mass is 19.1. The molecule has 0 aliphatic carbocycles. The van der Waals surface area contributed by atoms with Gasteiger partial charge in [-0.15, -0.1) is 0 Å². The number of aromatic nitrogens is 4. The fraction of sp³-hybridized carbons (Fsp3) is 0.423. The molecule has 196 valence electrons. The minimum absolute atomic E-state index is 0.422. The molecule has 0 radical (unpaired) electrons. The number of nitrogens with zero attached hydrogens (tertiary/aromatic N) is 8. The monoisotopic (exact) mass is 509 g/mol. The van der Waals surface area contributed by atoms with Gasteiger partial charge in [-0.25, -0.2) is 13.5 Å². The van der Waals surface area contributed by atoms with Crippen molar-refractivity contribution in [2.75, 3.05) is 81.5 Å². The zero-order valence-electron chi connectivity index (χ0n) is 21.3. The highest BCUT2D eigenvalue weighted by Gasteiger charge is 2.19. The van der Waals surface area contributed by atoms with E-state index in [0.717, 1.165) is 69.1 Å². The first-order valence-electron chi connectivity index (χ1n) is 12.6. The van der Waals surface area contributed by atoms with Gasteiger partial charge in [-0.1, -0.05) is 6.08 Å². The number of halogens is 2. The number of hydrogen-bond donors (Lipinski definition) is 1. The summed E-state index contributed by atoms with van der Waals surface area (Å²) < 4.78 is 28.8. The summed E-state index contributed by atoms with van der Waals surface area (Å²) in [5.41, 5.74) is 8.45. The molecule has 5 rings (SSSR count). The summed E-state index contributed by atoms with van der Waals surface area (Å²) >= 11 is 0. The number of aryl methyl sites for hydroxylation is 1. The lowest BCUT2D eigenvalue weighted by Crippen LogP contribution is -2.46. The molecule has 0 unspecified atom stereocenters. The van der Waals surface area contributed by atoms with Crippen LogP contribution in [0.1, 0.15) is 11.4 Å². The Balaban J connectivity index is 1.20. The minimum atomic E-state index is -0.547. The van der Waals surface area contributed by atoms with Crippen molar-refractivity contribution in [3.05, 3.63) is 59.4 Å². The average molecular weight is 510 g/mol. The van der Waals surface area contributed by atoms with E-state index in [1.165, 1.54) is 12.1 Å². The third-order valence-corrected chi connectivity index (χ3v) is 6.88. The molecule has 9 nitrogen and oxygen atoms in total. The summed E-state index contributed by atoms with van der Waals surface area (Å²) in [4.78, 5) is 18.0. The third-order valence-electron chi connectivity index (χ3n) is 6.88. The molecule has 37 heavy (non-hydrogen) atoms. The molecular weight excluding hydrogens is 476 g/mol. The second kappa shape index (κ2) is 10.8. The molecule has 0 spiro atoms. The molecule has 1 aromatic carbocycles. The molecule has 2 aliphatic heterocycles. The first-order valence-corrected chi connectivity index (χ1v) is 12.6. The number of anilines is 3. The molecule has 11 heteroatoms. The SMILES string of the molecule is Cc1cc(C=CCN2CCN(c3cc(F)cc(F)c3)CC2)nn1-c1nc(N)cc(N2CCN(C)CC2)n1. The van der Waals surface area contributed by atoms with E-state index in [9.17, 15) is 8.78 Å². The third kappa shape index (κ3) is 6.05. The Kier molecular flexibility index (Phi) is 7.33. The molecular formula is C26H33F2N9. The van der Waals surface area contributed by atoms with Crippen LogP contribution in [0.3, 0.4) is 0 Å². The number of rotatable bonds is 6. The molecule has 2 N–H and O–H groups in total. The number of likely N-dealkylation sites (N-methyl/N-ethyl adjacent to an activating group) is 1. The summed E-state index contributed by atoms with van der Waals surface area (Å²) in [6.45, 7) is 9.53. The van der Waals surface area contributed by atoms with Crippen LogP contribution in [-0.2, 0) is 0 Å². The van der Waals surface area contributed by atoms with Gasteiger partial charge in [-0.05, 0) is 38.2 Å². The van der Waals surface area contributed by atoms with Gasteiger partial charge in [0.25, 0.3) is 5.95 Å². The Morgan fingerprint density at radius 3 is 2.24 bits per heavy atom. The van der Waals surface area contributed by atoms with Crippen molar-refractivity contribution in [2.24, 2.45) is 0 Å². The van der Waals surface area contributed by atoms with Gasteiger partial charge < -0.3 is 20.4 Å². The van der Waals surface area contributed by atoms with Gasteiger partial charge in [0.2, 0.25) is 0 Å². The summed E-state index contributed by atoms with van der Waals surface area (Å²) in [7, 11) is 2.12. The Hall–Kier alpha value is -3.57. The van der Waals surface area contributed by atoms with Crippen molar-refractivity contribution >= 4 is 23.4 Å². The van der Waals surface area contributed by atoms with Gasteiger partial charge >= 0.3 is 0 Å². The summed E-state index contributed by atoms with van der Waals surface area (Å²) in [6.07, 6.45) is 4.07. The van der Waals surface area contributed by atoms with Crippen LogP contribution in [0, 0.1) is 18.6 Å². The quantitative estimate of drug-likeness (QED) is 0.543. The molecule has 0 atom stereocenters. The molecule has 2 aromatic heterocycles. The van der Waals surface area contributed by atoms with Crippen molar-refractivity contribution in [1.82, 2.24) is 29.5 Å². The zero-order chi connectivity index (χ0) is 25.9. The minimum Gasteiger partial charge on any atom is -0.383 e. The van der Waals surface area contributed by atoms with Crippen molar-refractivity contribution in [3.8, 4) is 5.95 Å². The van der Waals surface area contributed by atoms with Crippen LogP contribution < -0.4 is 15.5 Å². The van der Waals surface area contributed by atoms with E-state index in [0.29, 0.717) is 30.5 Å². The van der Waals surface area contributed by atoms with Crippen molar-refractivity contribution in [3.63, 3.8) is 0 Å². The van der Waals surface area contributed by atoms with Gasteiger partial charge in [-0.3, -0.25) is 4.90 Å². The maximum absolute atomic E-state index is 13.6. The summed E-state index contributed by atoms with van der Waals surface area (Å²) in [6, 6.07) is 7.48. The molecule has 2 saturated heterocycles. The average Bonchev–Trinajstić information content (AvgIpc) is 3.24.